The molecule has 1 heterocycles. The van der Waals surface area contributed by atoms with Crippen LogP contribution in [0.5, 0.6) is 0 Å². The quantitative estimate of drug-likeness (QED) is 0.476. The highest BCUT2D eigenvalue weighted by atomic mass is 35.5. The van der Waals surface area contributed by atoms with Gasteiger partial charge in [0.2, 0.25) is 0 Å². The van der Waals surface area contributed by atoms with E-state index in [1.54, 1.807) is 28.9 Å². The number of hydrogen-bond donors (Lipinski definition) is 1. The van der Waals surface area contributed by atoms with E-state index >= 15 is 0 Å². The largest absolute Gasteiger partial charge is 0.399 e. The smallest absolute Gasteiger partial charge is 0.175 e. The van der Waals surface area contributed by atoms with Crippen LogP contribution < -0.4 is 5.73 Å². The predicted octanol–water partition coefficient (Wildman–Crippen LogP) is 4.85. The van der Waals surface area contributed by atoms with Gasteiger partial charge in [-0.15, -0.1) is 0 Å². The fourth-order valence-electron chi connectivity index (χ4n) is 3.03. The highest BCUT2D eigenvalue weighted by Gasteiger charge is 2.14. The molecule has 5 nitrogen and oxygen atoms in total. The Bertz CT molecular complexity index is 1260. The Labute approximate surface area is 174 Å². The van der Waals surface area contributed by atoms with Crippen molar-refractivity contribution < 1.29 is 8.42 Å². The first-order valence-corrected chi connectivity index (χ1v) is 11.1. The molecule has 4 aromatic rings. The van der Waals surface area contributed by atoms with Gasteiger partial charge in [0.1, 0.15) is 0 Å². The average molecular weight is 424 g/mol. The summed E-state index contributed by atoms with van der Waals surface area (Å²) in [7, 11) is -3.27. The molecule has 0 fully saturated rings. The molecule has 0 saturated carbocycles. The number of halogens is 1. The summed E-state index contributed by atoms with van der Waals surface area (Å²) in [6.07, 6.45) is 1.19. The van der Waals surface area contributed by atoms with Gasteiger partial charge in [0.15, 0.2) is 9.84 Å². The fourth-order valence-corrected chi connectivity index (χ4v) is 3.79. The minimum absolute atomic E-state index is 0.264. The van der Waals surface area contributed by atoms with Crippen molar-refractivity contribution in [3.8, 4) is 28.2 Å². The lowest BCUT2D eigenvalue weighted by atomic mass is 10.1. The van der Waals surface area contributed by atoms with E-state index in [0.717, 1.165) is 28.2 Å². The molecule has 0 saturated heterocycles. The number of anilines is 1. The zero-order valence-electron chi connectivity index (χ0n) is 15.6. The summed E-state index contributed by atoms with van der Waals surface area (Å²) >= 11 is 6.01. The molecular formula is C22H18ClN3O2S. The van der Waals surface area contributed by atoms with Gasteiger partial charge < -0.3 is 5.73 Å². The van der Waals surface area contributed by atoms with Gasteiger partial charge in [-0.3, -0.25) is 0 Å². The first kappa shape index (κ1) is 19.2. The van der Waals surface area contributed by atoms with E-state index in [0.29, 0.717) is 10.7 Å². The number of nitrogens with zero attached hydrogens (tertiary/aromatic N) is 2. The molecule has 0 atom stereocenters. The Balaban J connectivity index is 1.86. The third kappa shape index (κ3) is 4.04. The van der Waals surface area contributed by atoms with E-state index in [4.69, 9.17) is 22.4 Å². The molecule has 0 aliphatic carbocycles. The zero-order chi connectivity index (χ0) is 20.6. The minimum Gasteiger partial charge on any atom is -0.399 e. The Kier molecular flexibility index (Phi) is 4.90. The SMILES string of the molecule is CS(=O)(=O)c1ccc(-n2nc(-c3ccc(Cl)cc3)cc2-c2ccc(N)cc2)cc1. The molecule has 4 rings (SSSR count). The Morgan fingerprint density at radius 2 is 1.45 bits per heavy atom. The number of nitrogen functional groups attached to an aromatic ring is 1. The van der Waals surface area contributed by atoms with Crippen molar-refractivity contribution in [2.24, 2.45) is 0 Å². The molecule has 0 bridgehead atoms. The van der Waals surface area contributed by atoms with Gasteiger partial charge in [0, 0.05) is 28.1 Å². The van der Waals surface area contributed by atoms with Crippen molar-refractivity contribution in [2.45, 2.75) is 4.90 Å². The summed E-state index contributed by atoms with van der Waals surface area (Å²) in [4.78, 5) is 0.264. The van der Waals surface area contributed by atoms with Gasteiger partial charge >= 0.3 is 0 Å². The Hall–Kier alpha value is -3.09. The van der Waals surface area contributed by atoms with E-state index in [1.165, 1.54) is 6.26 Å². The summed E-state index contributed by atoms with van der Waals surface area (Å²) in [5, 5.41) is 5.42. The van der Waals surface area contributed by atoms with Gasteiger partial charge in [-0.2, -0.15) is 5.10 Å². The molecule has 29 heavy (non-hydrogen) atoms. The first-order chi connectivity index (χ1) is 13.8. The maximum Gasteiger partial charge on any atom is 0.175 e. The first-order valence-electron chi connectivity index (χ1n) is 8.84. The number of nitrogens with two attached hydrogens (primary N) is 1. The Morgan fingerprint density at radius 1 is 0.862 bits per heavy atom. The lowest BCUT2D eigenvalue weighted by molar-refractivity contribution is 0.602. The van der Waals surface area contributed by atoms with Gasteiger partial charge in [-0.05, 0) is 54.6 Å². The van der Waals surface area contributed by atoms with E-state index in [1.807, 2.05) is 54.6 Å². The van der Waals surface area contributed by atoms with Gasteiger partial charge in [0.25, 0.3) is 0 Å². The lowest BCUT2D eigenvalue weighted by Gasteiger charge is -2.09. The van der Waals surface area contributed by atoms with E-state index in [-0.39, 0.29) is 4.90 Å². The second-order valence-corrected chi connectivity index (χ2v) is 9.17. The van der Waals surface area contributed by atoms with Crippen molar-refractivity contribution in [1.29, 1.82) is 0 Å². The summed E-state index contributed by atoms with van der Waals surface area (Å²) in [6.45, 7) is 0. The van der Waals surface area contributed by atoms with Crippen molar-refractivity contribution in [1.82, 2.24) is 9.78 Å². The fraction of sp³-hybridized carbons (Fsp3) is 0.0455. The van der Waals surface area contributed by atoms with Crippen molar-refractivity contribution >= 4 is 27.1 Å². The standard InChI is InChI=1S/C22H18ClN3O2S/c1-29(27,28)20-12-10-19(11-13-20)26-22(16-4-8-18(24)9-5-16)14-21(25-26)15-2-6-17(23)7-3-15/h2-14H,24H2,1H3. The van der Waals surface area contributed by atoms with Crippen molar-refractivity contribution in [3.63, 3.8) is 0 Å². The second kappa shape index (κ2) is 7.39. The van der Waals surface area contributed by atoms with E-state index in [9.17, 15) is 8.42 Å². The maximum absolute atomic E-state index is 11.8. The number of hydrogen-bond acceptors (Lipinski definition) is 4. The summed E-state index contributed by atoms with van der Waals surface area (Å²) in [6, 6.07) is 23.6. The molecule has 7 heteroatoms. The van der Waals surface area contributed by atoms with Crippen LogP contribution in [0.1, 0.15) is 0 Å². The second-order valence-electron chi connectivity index (χ2n) is 6.72. The normalized spacial score (nSPS) is 11.5. The van der Waals surface area contributed by atoms with E-state index < -0.39 is 9.84 Å². The highest BCUT2D eigenvalue weighted by molar-refractivity contribution is 7.90. The van der Waals surface area contributed by atoms with E-state index in [2.05, 4.69) is 0 Å². The number of aromatic nitrogens is 2. The van der Waals surface area contributed by atoms with Crippen LogP contribution in [-0.2, 0) is 9.84 Å². The maximum atomic E-state index is 11.8. The summed E-state index contributed by atoms with van der Waals surface area (Å²) in [5.41, 5.74) is 10.8. The molecule has 146 valence electrons. The number of sulfone groups is 1. The van der Waals surface area contributed by atoms with Gasteiger partial charge in [-0.1, -0.05) is 35.9 Å². The average Bonchev–Trinajstić information content (AvgIpc) is 3.14. The van der Waals surface area contributed by atoms with Crippen LogP contribution in [0.3, 0.4) is 0 Å². The third-order valence-electron chi connectivity index (χ3n) is 4.57. The zero-order valence-corrected chi connectivity index (χ0v) is 17.2. The molecule has 0 radical (unpaired) electrons. The van der Waals surface area contributed by atoms with Gasteiger partial charge in [-0.25, -0.2) is 13.1 Å². The third-order valence-corrected chi connectivity index (χ3v) is 5.95. The van der Waals surface area contributed by atoms with Crippen LogP contribution in [-0.4, -0.2) is 24.5 Å². The van der Waals surface area contributed by atoms with Crippen LogP contribution in [0.15, 0.2) is 83.8 Å². The van der Waals surface area contributed by atoms with Crippen LogP contribution in [0, 0.1) is 0 Å². The Morgan fingerprint density at radius 3 is 2.03 bits per heavy atom. The molecule has 0 unspecified atom stereocenters. The molecule has 0 spiro atoms. The number of rotatable bonds is 4. The summed E-state index contributed by atoms with van der Waals surface area (Å²) in [5.74, 6) is 0. The molecule has 1 aromatic heterocycles. The highest BCUT2D eigenvalue weighted by Crippen LogP contribution is 2.30. The van der Waals surface area contributed by atoms with Crippen molar-refractivity contribution in [2.75, 3.05) is 12.0 Å². The molecule has 0 aliphatic heterocycles. The monoisotopic (exact) mass is 423 g/mol. The molecular weight excluding hydrogens is 406 g/mol. The molecule has 2 N–H and O–H groups in total. The summed E-state index contributed by atoms with van der Waals surface area (Å²) < 4.78 is 25.3. The van der Waals surface area contributed by atoms with Crippen LogP contribution in [0.2, 0.25) is 5.02 Å². The number of benzene rings is 3. The van der Waals surface area contributed by atoms with Crippen LogP contribution in [0.25, 0.3) is 28.2 Å². The minimum atomic E-state index is -3.27. The topological polar surface area (TPSA) is 78.0 Å². The van der Waals surface area contributed by atoms with Crippen molar-refractivity contribution in [3.05, 3.63) is 83.9 Å². The predicted molar refractivity (Wildman–Crippen MR) is 117 cm³/mol. The molecule has 0 amide bonds. The molecule has 3 aromatic carbocycles. The lowest BCUT2D eigenvalue weighted by Crippen LogP contribution is -2.01. The van der Waals surface area contributed by atoms with Crippen LogP contribution in [0.4, 0.5) is 5.69 Å². The molecule has 0 aliphatic rings. The van der Waals surface area contributed by atoms with Gasteiger partial charge in [0.05, 0.1) is 22.0 Å². The van der Waals surface area contributed by atoms with Crippen LogP contribution >= 0.6 is 11.6 Å².